The van der Waals surface area contributed by atoms with Gasteiger partial charge >= 0.3 is 0 Å². The van der Waals surface area contributed by atoms with E-state index < -0.39 is 10.0 Å². The first kappa shape index (κ1) is 19.1. The van der Waals surface area contributed by atoms with E-state index in [1.54, 1.807) is 19.9 Å². The molecule has 2 aromatic rings. The molecular weight excluding hydrogens is 336 g/mol. The summed E-state index contributed by atoms with van der Waals surface area (Å²) in [5, 5.41) is 2.86. The molecule has 2 aromatic carbocycles. The van der Waals surface area contributed by atoms with E-state index in [0.717, 1.165) is 18.4 Å². The van der Waals surface area contributed by atoms with Crippen molar-refractivity contribution in [2.75, 3.05) is 13.6 Å². The van der Waals surface area contributed by atoms with Gasteiger partial charge in [-0.2, -0.15) is 0 Å². The molecule has 2 rings (SSSR count). The number of nitrogens with one attached hydrogen (secondary N) is 2. The van der Waals surface area contributed by atoms with E-state index in [0.29, 0.717) is 17.7 Å². The van der Waals surface area contributed by atoms with Crippen molar-refractivity contribution in [2.24, 2.45) is 0 Å². The molecule has 0 aliphatic rings. The minimum atomic E-state index is -3.60. The molecule has 0 atom stereocenters. The van der Waals surface area contributed by atoms with Gasteiger partial charge in [-0.05, 0) is 62.6 Å². The molecule has 0 radical (unpaired) electrons. The summed E-state index contributed by atoms with van der Waals surface area (Å²) in [5.74, 6) is -0.260. The van der Waals surface area contributed by atoms with Crippen molar-refractivity contribution >= 4 is 15.9 Å². The first-order chi connectivity index (χ1) is 11.8. The lowest BCUT2D eigenvalue weighted by molar-refractivity contribution is 0.0953. The Morgan fingerprint density at radius 3 is 2.40 bits per heavy atom. The first-order valence-electron chi connectivity index (χ1n) is 8.22. The van der Waals surface area contributed by atoms with Crippen LogP contribution in [0.3, 0.4) is 0 Å². The molecule has 0 fully saturated rings. The normalized spacial score (nSPS) is 11.3. The van der Waals surface area contributed by atoms with Crippen molar-refractivity contribution in [3.05, 3.63) is 64.7 Å². The predicted molar refractivity (Wildman–Crippen MR) is 99.3 cm³/mol. The van der Waals surface area contributed by atoms with Gasteiger partial charge in [-0.25, -0.2) is 13.1 Å². The highest BCUT2D eigenvalue weighted by Gasteiger charge is 2.19. The molecule has 0 spiro atoms. The number of carbonyl (C=O) groups excluding carboxylic acids is 1. The van der Waals surface area contributed by atoms with Crippen LogP contribution < -0.4 is 10.0 Å². The summed E-state index contributed by atoms with van der Waals surface area (Å²) in [7, 11) is -2.24. The number of amides is 1. The third-order valence-corrected chi connectivity index (χ3v) is 5.75. The maximum Gasteiger partial charge on any atom is 0.251 e. The van der Waals surface area contributed by atoms with Gasteiger partial charge in [0.15, 0.2) is 0 Å². The monoisotopic (exact) mass is 360 g/mol. The molecule has 0 aliphatic heterocycles. The van der Waals surface area contributed by atoms with Crippen LogP contribution in [-0.4, -0.2) is 27.9 Å². The van der Waals surface area contributed by atoms with E-state index in [1.807, 2.05) is 18.2 Å². The Labute approximate surface area is 149 Å². The minimum Gasteiger partial charge on any atom is -0.352 e. The highest BCUT2D eigenvalue weighted by Crippen LogP contribution is 2.21. The quantitative estimate of drug-likeness (QED) is 0.745. The van der Waals surface area contributed by atoms with Gasteiger partial charge in [0, 0.05) is 12.1 Å². The smallest absolute Gasteiger partial charge is 0.251 e. The molecule has 134 valence electrons. The second-order valence-corrected chi connectivity index (χ2v) is 7.82. The van der Waals surface area contributed by atoms with Crippen LogP contribution in [0.5, 0.6) is 0 Å². The number of hydrogen-bond acceptors (Lipinski definition) is 3. The maximum absolute atomic E-state index is 12.4. The number of benzene rings is 2. The Bertz CT molecular complexity index is 846. The van der Waals surface area contributed by atoms with E-state index in [2.05, 4.69) is 22.2 Å². The van der Waals surface area contributed by atoms with Gasteiger partial charge in [-0.1, -0.05) is 30.3 Å². The lowest BCUT2D eigenvalue weighted by Crippen LogP contribution is -2.26. The maximum atomic E-state index is 12.4. The standard InChI is InChI=1S/C19H24N2O3S/c1-14-12-17(13-18(15(14)2)25(23,24)20-3)19(22)21-11-7-10-16-8-5-4-6-9-16/h4-6,8-9,12-13,20H,7,10-11H2,1-3H3,(H,21,22). The van der Waals surface area contributed by atoms with Crippen molar-refractivity contribution in [3.63, 3.8) is 0 Å². The van der Waals surface area contributed by atoms with Gasteiger partial charge in [0.1, 0.15) is 0 Å². The molecule has 1 amide bonds. The molecule has 6 heteroatoms. The summed E-state index contributed by atoms with van der Waals surface area (Å²) in [5.41, 5.74) is 3.00. The first-order valence-corrected chi connectivity index (χ1v) is 9.70. The van der Waals surface area contributed by atoms with E-state index in [1.165, 1.54) is 18.7 Å². The molecule has 0 heterocycles. The summed E-state index contributed by atoms with van der Waals surface area (Å²) in [6.07, 6.45) is 1.70. The van der Waals surface area contributed by atoms with Crippen LogP contribution in [0, 0.1) is 13.8 Å². The molecule has 0 bridgehead atoms. The fraction of sp³-hybridized carbons (Fsp3) is 0.316. The molecule has 0 saturated carbocycles. The Balaban J connectivity index is 2.04. The lowest BCUT2D eigenvalue weighted by Gasteiger charge is -2.12. The zero-order chi connectivity index (χ0) is 18.4. The van der Waals surface area contributed by atoms with E-state index in [-0.39, 0.29) is 10.8 Å². The molecule has 25 heavy (non-hydrogen) atoms. The highest BCUT2D eigenvalue weighted by atomic mass is 32.2. The molecular formula is C19H24N2O3S. The highest BCUT2D eigenvalue weighted by molar-refractivity contribution is 7.89. The molecule has 5 nitrogen and oxygen atoms in total. The van der Waals surface area contributed by atoms with Crippen LogP contribution in [0.1, 0.15) is 33.5 Å². The summed E-state index contributed by atoms with van der Waals surface area (Å²) in [6.45, 7) is 4.08. The van der Waals surface area contributed by atoms with Gasteiger partial charge in [-0.3, -0.25) is 4.79 Å². The number of rotatable bonds is 7. The lowest BCUT2D eigenvalue weighted by atomic mass is 10.1. The van der Waals surface area contributed by atoms with Crippen molar-refractivity contribution in [1.82, 2.24) is 10.0 Å². The number of sulfonamides is 1. The molecule has 0 saturated heterocycles. The Kier molecular flexibility index (Phi) is 6.33. The van der Waals surface area contributed by atoms with Crippen molar-refractivity contribution < 1.29 is 13.2 Å². The van der Waals surface area contributed by atoms with Gasteiger partial charge in [0.25, 0.3) is 5.91 Å². The third-order valence-electron chi connectivity index (χ3n) is 4.21. The van der Waals surface area contributed by atoms with Crippen LogP contribution in [0.25, 0.3) is 0 Å². The number of aryl methyl sites for hydroxylation is 2. The van der Waals surface area contributed by atoms with Gasteiger partial charge in [0.05, 0.1) is 4.90 Å². The fourth-order valence-electron chi connectivity index (χ4n) is 2.59. The number of carbonyl (C=O) groups is 1. The molecule has 2 N–H and O–H groups in total. The fourth-order valence-corrected chi connectivity index (χ4v) is 3.65. The van der Waals surface area contributed by atoms with Gasteiger partial charge < -0.3 is 5.32 Å². The zero-order valence-electron chi connectivity index (χ0n) is 14.8. The van der Waals surface area contributed by atoms with E-state index in [4.69, 9.17) is 0 Å². The minimum absolute atomic E-state index is 0.143. The van der Waals surface area contributed by atoms with Crippen LogP contribution in [0.2, 0.25) is 0 Å². The summed E-state index contributed by atoms with van der Waals surface area (Å²) in [4.78, 5) is 12.5. The molecule has 0 aromatic heterocycles. The average molecular weight is 360 g/mol. The second-order valence-electron chi connectivity index (χ2n) is 5.97. The Hall–Kier alpha value is -2.18. The van der Waals surface area contributed by atoms with Crippen molar-refractivity contribution in [2.45, 2.75) is 31.6 Å². The molecule has 0 aliphatic carbocycles. The summed E-state index contributed by atoms with van der Waals surface area (Å²) in [6, 6.07) is 13.2. The summed E-state index contributed by atoms with van der Waals surface area (Å²) >= 11 is 0. The third kappa shape index (κ3) is 4.90. The van der Waals surface area contributed by atoms with Crippen LogP contribution >= 0.6 is 0 Å². The average Bonchev–Trinajstić information content (AvgIpc) is 2.61. The predicted octanol–water partition coefficient (Wildman–Crippen LogP) is 2.57. The zero-order valence-corrected chi connectivity index (χ0v) is 15.6. The summed E-state index contributed by atoms with van der Waals surface area (Å²) < 4.78 is 26.5. The van der Waals surface area contributed by atoms with Crippen LogP contribution in [0.4, 0.5) is 0 Å². The largest absolute Gasteiger partial charge is 0.352 e. The van der Waals surface area contributed by atoms with Crippen molar-refractivity contribution in [1.29, 1.82) is 0 Å². The van der Waals surface area contributed by atoms with E-state index >= 15 is 0 Å². The van der Waals surface area contributed by atoms with Crippen LogP contribution in [-0.2, 0) is 16.4 Å². The topological polar surface area (TPSA) is 75.3 Å². The van der Waals surface area contributed by atoms with E-state index in [9.17, 15) is 13.2 Å². The van der Waals surface area contributed by atoms with Crippen LogP contribution in [0.15, 0.2) is 47.4 Å². The Morgan fingerprint density at radius 2 is 1.76 bits per heavy atom. The van der Waals surface area contributed by atoms with Gasteiger partial charge in [0.2, 0.25) is 10.0 Å². The van der Waals surface area contributed by atoms with Crippen molar-refractivity contribution in [3.8, 4) is 0 Å². The van der Waals surface area contributed by atoms with Gasteiger partial charge in [-0.15, -0.1) is 0 Å². The SMILES string of the molecule is CNS(=O)(=O)c1cc(C(=O)NCCCc2ccccc2)cc(C)c1C. The number of hydrogen-bond donors (Lipinski definition) is 2. The second kappa shape index (κ2) is 8.27. The Morgan fingerprint density at radius 1 is 1.08 bits per heavy atom. The molecule has 0 unspecified atom stereocenters.